The van der Waals surface area contributed by atoms with Crippen molar-refractivity contribution in [2.75, 3.05) is 19.5 Å². The second-order valence-electron chi connectivity index (χ2n) is 5.96. The number of ether oxygens (including phenoxy) is 2. The van der Waals surface area contributed by atoms with Gasteiger partial charge in [-0.25, -0.2) is 0 Å². The Morgan fingerprint density at radius 3 is 2.61 bits per heavy atom. The summed E-state index contributed by atoms with van der Waals surface area (Å²) in [4.78, 5) is 4.40. The maximum absolute atomic E-state index is 6.10. The second kappa shape index (κ2) is 8.61. The molecule has 4 nitrogen and oxygen atoms in total. The molecule has 0 unspecified atom stereocenters. The molecule has 2 N–H and O–H groups in total. The molecule has 0 fully saturated rings. The lowest BCUT2D eigenvalue weighted by molar-refractivity contribution is 0.288. The van der Waals surface area contributed by atoms with Crippen LogP contribution >= 0.6 is 0 Å². The molecule has 1 aromatic heterocycles. The average Bonchev–Trinajstić information content (AvgIpc) is 2.55. The number of nitrogens with two attached hydrogens (primary N) is 1. The van der Waals surface area contributed by atoms with E-state index in [9.17, 15) is 0 Å². The Morgan fingerprint density at radius 1 is 1.13 bits per heavy atom. The normalized spacial score (nSPS) is 10.9. The van der Waals surface area contributed by atoms with Crippen molar-refractivity contribution in [1.29, 1.82) is 0 Å². The number of rotatable bonds is 9. The van der Waals surface area contributed by atoms with Crippen LogP contribution in [0.2, 0.25) is 0 Å². The van der Waals surface area contributed by atoms with Gasteiger partial charge in [-0.3, -0.25) is 4.98 Å². The summed E-state index contributed by atoms with van der Waals surface area (Å²) in [6.45, 7) is 4.97. The lowest BCUT2D eigenvalue weighted by Crippen LogP contribution is -2.03. The number of pyridine rings is 1. The number of anilines is 1. The first-order valence-electron chi connectivity index (χ1n) is 8.53. The molecule has 4 heteroatoms. The minimum Gasteiger partial charge on any atom is -0.493 e. The van der Waals surface area contributed by atoms with Crippen LogP contribution in [0.1, 0.15) is 51.0 Å². The summed E-state index contributed by atoms with van der Waals surface area (Å²) >= 11 is 0. The first kappa shape index (κ1) is 17.4. The highest BCUT2D eigenvalue weighted by Gasteiger charge is 2.15. The standard InChI is InChI=1S/C19H28N2O2/c1-4-5-6-7-8-9-12-23-19-16(22-3)13-15(20)18-17(19)14(2)10-11-21-18/h10-11,13H,4-9,12,20H2,1-3H3. The van der Waals surface area contributed by atoms with E-state index in [-0.39, 0.29) is 0 Å². The molecule has 0 aliphatic heterocycles. The van der Waals surface area contributed by atoms with Gasteiger partial charge in [0.15, 0.2) is 11.5 Å². The summed E-state index contributed by atoms with van der Waals surface area (Å²) in [5, 5.41) is 0.954. The van der Waals surface area contributed by atoms with Crippen molar-refractivity contribution < 1.29 is 9.47 Å². The van der Waals surface area contributed by atoms with Crippen molar-refractivity contribution in [3.63, 3.8) is 0 Å². The zero-order valence-corrected chi connectivity index (χ0v) is 14.5. The van der Waals surface area contributed by atoms with Gasteiger partial charge in [0.25, 0.3) is 0 Å². The van der Waals surface area contributed by atoms with E-state index in [0.717, 1.165) is 28.6 Å². The van der Waals surface area contributed by atoms with Crippen LogP contribution in [0, 0.1) is 6.92 Å². The monoisotopic (exact) mass is 316 g/mol. The maximum Gasteiger partial charge on any atom is 0.170 e. The average molecular weight is 316 g/mol. The molecule has 0 aliphatic rings. The van der Waals surface area contributed by atoms with Gasteiger partial charge in [-0.05, 0) is 25.0 Å². The van der Waals surface area contributed by atoms with Crippen molar-refractivity contribution in [2.45, 2.75) is 52.4 Å². The van der Waals surface area contributed by atoms with E-state index in [0.29, 0.717) is 18.0 Å². The number of benzene rings is 1. The minimum absolute atomic E-state index is 0.618. The quantitative estimate of drug-likeness (QED) is 0.529. The largest absolute Gasteiger partial charge is 0.493 e. The van der Waals surface area contributed by atoms with Crippen LogP contribution in [-0.2, 0) is 0 Å². The molecular weight excluding hydrogens is 288 g/mol. The summed E-state index contributed by atoms with van der Waals surface area (Å²) in [7, 11) is 1.64. The summed E-state index contributed by atoms with van der Waals surface area (Å²) in [5.74, 6) is 1.44. The second-order valence-corrected chi connectivity index (χ2v) is 5.96. The van der Waals surface area contributed by atoms with E-state index < -0.39 is 0 Å². The van der Waals surface area contributed by atoms with Gasteiger partial charge in [0.2, 0.25) is 0 Å². The van der Waals surface area contributed by atoms with Crippen LogP contribution in [0.25, 0.3) is 10.9 Å². The van der Waals surface area contributed by atoms with Crippen LogP contribution < -0.4 is 15.2 Å². The molecule has 2 aromatic rings. The highest BCUT2D eigenvalue weighted by atomic mass is 16.5. The highest BCUT2D eigenvalue weighted by Crippen LogP contribution is 2.40. The molecule has 0 amide bonds. The number of nitrogen functional groups attached to an aromatic ring is 1. The molecule has 0 aliphatic carbocycles. The molecule has 0 bridgehead atoms. The van der Waals surface area contributed by atoms with Crippen molar-refractivity contribution in [3.8, 4) is 11.5 Å². The van der Waals surface area contributed by atoms with Crippen molar-refractivity contribution >= 4 is 16.6 Å². The Hall–Kier alpha value is -1.97. The molecule has 0 saturated carbocycles. The van der Waals surface area contributed by atoms with Crippen molar-refractivity contribution in [2.24, 2.45) is 0 Å². The first-order valence-corrected chi connectivity index (χ1v) is 8.53. The number of methoxy groups -OCH3 is 1. The zero-order valence-electron chi connectivity index (χ0n) is 14.5. The van der Waals surface area contributed by atoms with Gasteiger partial charge in [-0.2, -0.15) is 0 Å². The van der Waals surface area contributed by atoms with E-state index in [1.807, 2.05) is 13.0 Å². The molecule has 0 spiro atoms. The fourth-order valence-corrected chi connectivity index (χ4v) is 2.81. The third-order valence-electron chi connectivity index (χ3n) is 4.13. The Labute approximate surface area is 139 Å². The van der Waals surface area contributed by atoms with E-state index >= 15 is 0 Å². The van der Waals surface area contributed by atoms with Crippen LogP contribution in [0.4, 0.5) is 5.69 Å². The SMILES string of the molecule is CCCCCCCCOc1c(OC)cc(N)c2nccc(C)c12. The fourth-order valence-electron chi connectivity index (χ4n) is 2.81. The predicted octanol–water partition coefficient (Wildman–Crippen LogP) is 4.87. The number of hydrogen-bond acceptors (Lipinski definition) is 4. The van der Waals surface area contributed by atoms with Crippen molar-refractivity contribution in [1.82, 2.24) is 4.98 Å². The van der Waals surface area contributed by atoms with Gasteiger partial charge in [0.05, 0.1) is 30.3 Å². The van der Waals surface area contributed by atoms with Crippen LogP contribution in [0.15, 0.2) is 18.3 Å². The molecule has 23 heavy (non-hydrogen) atoms. The molecular formula is C19H28N2O2. The lowest BCUT2D eigenvalue weighted by atomic mass is 10.1. The Morgan fingerprint density at radius 2 is 1.87 bits per heavy atom. The molecule has 126 valence electrons. The Balaban J connectivity index is 2.11. The topological polar surface area (TPSA) is 57.4 Å². The van der Waals surface area contributed by atoms with Gasteiger partial charge >= 0.3 is 0 Å². The molecule has 0 radical (unpaired) electrons. The number of hydrogen-bond donors (Lipinski definition) is 1. The summed E-state index contributed by atoms with van der Waals surface area (Å²) in [5.41, 5.74) is 8.59. The number of fused-ring (bicyclic) bond motifs is 1. The Bertz CT molecular complexity index is 641. The van der Waals surface area contributed by atoms with Gasteiger partial charge in [0.1, 0.15) is 0 Å². The van der Waals surface area contributed by atoms with E-state index in [1.165, 1.54) is 32.1 Å². The summed E-state index contributed by atoms with van der Waals surface area (Å²) < 4.78 is 11.5. The number of nitrogens with zero attached hydrogens (tertiary/aromatic N) is 1. The minimum atomic E-state index is 0.618. The molecule has 1 aromatic carbocycles. The molecule has 1 heterocycles. The van der Waals surface area contributed by atoms with Gasteiger partial charge in [-0.1, -0.05) is 39.0 Å². The first-order chi connectivity index (χ1) is 11.2. The van der Waals surface area contributed by atoms with Crippen LogP contribution in [-0.4, -0.2) is 18.7 Å². The van der Waals surface area contributed by atoms with E-state index in [2.05, 4.69) is 11.9 Å². The molecule has 0 saturated heterocycles. The maximum atomic E-state index is 6.10. The lowest BCUT2D eigenvalue weighted by Gasteiger charge is -2.16. The smallest absolute Gasteiger partial charge is 0.170 e. The van der Waals surface area contributed by atoms with Crippen molar-refractivity contribution in [3.05, 3.63) is 23.9 Å². The zero-order chi connectivity index (χ0) is 16.7. The Kier molecular flexibility index (Phi) is 6.51. The molecule has 0 atom stereocenters. The third kappa shape index (κ3) is 4.27. The van der Waals surface area contributed by atoms with Crippen LogP contribution in [0.5, 0.6) is 11.5 Å². The van der Waals surface area contributed by atoms with E-state index in [1.54, 1.807) is 19.4 Å². The summed E-state index contributed by atoms with van der Waals surface area (Å²) in [6, 6.07) is 3.77. The van der Waals surface area contributed by atoms with Gasteiger partial charge in [0, 0.05) is 12.3 Å². The van der Waals surface area contributed by atoms with E-state index in [4.69, 9.17) is 15.2 Å². The third-order valence-corrected chi connectivity index (χ3v) is 4.13. The fraction of sp³-hybridized carbons (Fsp3) is 0.526. The number of unbranched alkanes of at least 4 members (excludes halogenated alkanes) is 5. The highest BCUT2D eigenvalue weighted by molar-refractivity contribution is 5.98. The van der Waals surface area contributed by atoms with Gasteiger partial charge in [-0.15, -0.1) is 0 Å². The molecule has 2 rings (SSSR count). The van der Waals surface area contributed by atoms with Crippen LogP contribution in [0.3, 0.4) is 0 Å². The predicted molar refractivity (Wildman–Crippen MR) is 96.3 cm³/mol. The summed E-state index contributed by atoms with van der Waals surface area (Å²) in [6.07, 6.45) is 9.22. The number of aryl methyl sites for hydroxylation is 1. The number of aromatic nitrogens is 1. The van der Waals surface area contributed by atoms with Gasteiger partial charge < -0.3 is 15.2 Å².